The molecule has 6 heteroatoms. The molecule has 2 rings (SSSR count). The van der Waals surface area contributed by atoms with Crippen LogP contribution in [0.1, 0.15) is 26.7 Å². The van der Waals surface area contributed by atoms with Gasteiger partial charge in [0.15, 0.2) is 0 Å². The van der Waals surface area contributed by atoms with Gasteiger partial charge in [0.25, 0.3) is 5.91 Å². The number of rotatable bonds is 4. The van der Waals surface area contributed by atoms with Gasteiger partial charge in [-0.2, -0.15) is 0 Å². The van der Waals surface area contributed by atoms with Crippen LogP contribution in [0.3, 0.4) is 0 Å². The van der Waals surface area contributed by atoms with Gasteiger partial charge in [0.2, 0.25) is 5.91 Å². The van der Waals surface area contributed by atoms with Gasteiger partial charge in [-0.3, -0.25) is 14.5 Å². The summed E-state index contributed by atoms with van der Waals surface area (Å²) in [4.78, 5) is 25.6. The SMILES string of the molecule is CCC(C)N1C(=O)CC(Nc2ccc(Br)c(Cl)c2)C1=O. The molecule has 1 fully saturated rings. The Labute approximate surface area is 131 Å². The second kappa shape index (κ2) is 6.14. The van der Waals surface area contributed by atoms with Gasteiger partial charge in [0, 0.05) is 16.2 Å². The molecule has 20 heavy (non-hydrogen) atoms. The van der Waals surface area contributed by atoms with Crippen molar-refractivity contribution in [3.63, 3.8) is 0 Å². The van der Waals surface area contributed by atoms with Crippen LogP contribution >= 0.6 is 27.5 Å². The van der Waals surface area contributed by atoms with E-state index in [1.165, 1.54) is 4.90 Å². The summed E-state index contributed by atoms with van der Waals surface area (Å²) < 4.78 is 0.791. The number of carbonyl (C=O) groups excluding carboxylic acids is 2. The van der Waals surface area contributed by atoms with E-state index in [1.54, 1.807) is 12.1 Å². The fourth-order valence-electron chi connectivity index (χ4n) is 2.20. The second-order valence-corrected chi connectivity index (χ2v) is 6.15. The summed E-state index contributed by atoms with van der Waals surface area (Å²) in [6.45, 7) is 3.84. The van der Waals surface area contributed by atoms with Crippen molar-refractivity contribution in [3.8, 4) is 0 Å². The number of nitrogens with zero attached hydrogens (tertiary/aromatic N) is 1. The summed E-state index contributed by atoms with van der Waals surface area (Å²) in [7, 11) is 0. The number of hydrogen-bond acceptors (Lipinski definition) is 3. The van der Waals surface area contributed by atoms with Crippen LogP contribution in [0.5, 0.6) is 0 Å². The van der Waals surface area contributed by atoms with Crippen molar-refractivity contribution in [2.24, 2.45) is 0 Å². The minimum Gasteiger partial charge on any atom is -0.373 e. The maximum absolute atomic E-state index is 12.3. The van der Waals surface area contributed by atoms with E-state index in [2.05, 4.69) is 21.2 Å². The van der Waals surface area contributed by atoms with E-state index < -0.39 is 6.04 Å². The molecule has 0 saturated carbocycles. The van der Waals surface area contributed by atoms with Crippen molar-refractivity contribution in [2.75, 3.05) is 5.32 Å². The molecule has 2 amide bonds. The minimum atomic E-state index is -0.506. The summed E-state index contributed by atoms with van der Waals surface area (Å²) in [6.07, 6.45) is 0.950. The van der Waals surface area contributed by atoms with Gasteiger partial charge >= 0.3 is 0 Å². The Hall–Kier alpha value is -1.07. The third-order valence-corrected chi connectivity index (χ3v) is 4.71. The van der Waals surface area contributed by atoms with Gasteiger partial charge in [0.05, 0.1) is 11.4 Å². The Morgan fingerprint density at radius 2 is 2.20 bits per heavy atom. The van der Waals surface area contributed by atoms with Gasteiger partial charge in [-0.05, 0) is 47.5 Å². The molecular weight excluding hydrogens is 344 g/mol. The lowest BCUT2D eigenvalue weighted by Gasteiger charge is -2.21. The number of imide groups is 1. The summed E-state index contributed by atoms with van der Waals surface area (Å²) in [5.41, 5.74) is 0.732. The van der Waals surface area contributed by atoms with Crippen LogP contribution in [-0.4, -0.2) is 28.8 Å². The monoisotopic (exact) mass is 358 g/mol. The van der Waals surface area contributed by atoms with Crippen molar-refractivity contribution in [3.05, 3.63) is 27.7 Å². The van der Waals surface area contributed by atoms with Crippen LogP contribution in [0.15, 0.2) is 22.7 Å². The molecule has 0 aliphatic carbocycles. The molecule has 0 radical (unpaired) electrons. The maximum atomic E-state index is 12.3. The van der Waals surface area contributed by atoms with E-state index in [4.69, 9.17) is 11.6 Å². The van der Waals surface area contributed by atoms with Gasteiger partial charge in [-0.25, -0.2) is 0 Å². The fraction of sp³-hybridized carbons (Fsp3) is 0.429. The molecule has 4 nitrogen and oxygen atoms in total. The van der Waals surface area contributed by atoms with Gasteiger partial charge in [0.1, 0.15) is 6.04 Å². The number of nitrogens with one attached hydrogen (secondary N) is 1. The van der Waals surface area contributed by atoms with Crippen molar-refractivity contribution in [1.82, 2.24) is 4.90 Å². The van der Waals surface area contributed by atoms with E-state index >= 15 is 0 Å². The molecule has 1 aliphatic heterocycles. The molecule has 1 saturated heterocycles. The van der Waals surface area contributed by atoms with Crippen molar-refractivity contribution < 1.29 is 9.59 Å². The van der Waals surface area contributed by atoms with Crippen molar-refractivity contribution >= 4 is 45.0 Å². The number of hydrogen-bond donors (Lipinski definition) is 1. The van der Waals surface area contributed by atoms with E-state index in [1.807, 2.05) is 19.9 Å². The molecule has 1 N–H and O–H groups in total. The predicted molar refractivity (Wildman–Crippen MR) is 82.8 cm³/mol. The average molecular weight is 360 g/mol. The molecular formula is C14H16BrClN2O2. The largest absolute Gasteiger partial charge is 0.373 e. The zero-order valence-corrected chi connectivity index (χ0v) is 13.7. The molecule has 1 aromatic rings. The topological polar surface area (TPSA) is 49.4 Å². The van der Waals surface area contributed by atoms with E-state index in [-0.39, 0.29) is 24.3 Å². The zero-order valence-electron chi connectivity index (χ0n) is 11.3. The highest BCUT2D eigenvalue weighted by molar-refractivity contribution is 9.10. The lowest BCUT2D eigenvalue weighted by molar-refractivity contribution is -0.140. The number of carbonyl (C=O) groups is 2. The molecule has 1 aromatic carbocycles. The molecule has 2 unspecified atom stereocenters. The summed E-state index contributed by atoms with van der Waals surface area (Å²) in [6, 6.07) is 4.79. The number of amides is 2. The molecule has 2 atom stereocenters. The first-order valence-electron chi connectivity index (χ1n) is 6.51. The minimum absolute atomic E-state index is 0.0599. The van der Waals surface area contributed by atoms with Crippen LogP contribution < -0.4 is 5.32 Å². The lowest BCUT2D eigenvalue weighted by atomic mass is 10.2. The third-order valence-electron chi connectivity index (χ3n) is 3.48. The number of halogens is 2. The molecule has 1 aliphatic rings. The van der Waals surface area contributed by atoms with Crippen LogP contribution in [0.25, 0.3) is 0 Å². The maximum Gasteiger partial charge on any atom is 0.252 e. The zero-order chi connectivity index (χ0) is 14.9. The Balaban J connectivity index is 2.13. The number of benzene rings is 1. The quantitative estimate of drug-likeness (QED) is 0.838. The first-order chi connectivity index (χ1) is 9.43. The summed E-state index contributed by atoms with van der Waals surface area (Å²) in [5, 5.41) is 3.64. The standard InChI is InChI=1S/C14H16BrClN2O2/c1-3-8(2)18-13(19)7-12(14(18)20)17-9-4-5-10(15)11(16)6-9/h4-6,8,12,17H,3,7H2,1-2H3. The summed E-state index contributed by atoms with van der Waals surface area (Å²) >= 11 is 9.33. The van der Waals surface area contributed by atoms with Gasteiger partial charge in [-0.1, -0.05) is 18.5 Å². The number of anilines is 1. The Morgan fingerprint density at radius 1 is 1.50 bits per heavy atom. The third kappa shape index (κ3) is 2.99. The highest BCUT2D eigenvalue weighted by Gasteiger charge is 2.40. The normalized spacial score (nSPS) is 20.4. The Kier molecular flexibility index (Phi) is 4.70. The molecule has 0 aromatic heterocycles. The molecule has 0 bridgehead atoms. The smallest absolute Gasteiger partial charge is 0.252 e. The first kappa shape index (κ1) is 15.3. The van der Waals surface area contributed by atoms with Gasteiger partial charge in [-0.15, -0.1) is 0 Å². The molecule has 108 valence electrons. The van der Waals surface area contributed by atoms with E-state index in [0.717, 1.165) is 16.6 Å². The molecule has 1 heterocycles. The van der Waals surface area contributed by atoms with E-state index in [9.17, 15) is 9.59 Å². The Morgan fingerprint density at radius 3 is 2.80 bits per heavy atom. The predicted octanol–water partition coefficient (Wildman–Crippen LogP) is 3.44. The van der Waals surface area contributed by atoms with Crippen molar-refractivity contribution in [2.45, 2.75) is 38.8 Å². The highest BCUT2D eigenvalue weighted by Crippen LogP contribution is 2.27. The number of likely N-dealkylation sites (tertiary alicyclic amines) is 1. The lowest BCUT2D eigenvalue weighted by Crippen LogP contribution is -2.40. The Bertz CT molecular complexity index is 550. The van der Waals surface area contributed by atoms with Crippen molar-refractivity contribution in [1.29, 1.82) is 0 Å². The fourth-order valence-corrected chi connectivity index (χ4v) is 2.62. The van der Waals surface area contributed by atoms with Crippen LogP contribution in [0, 0.1) is 0 Å². The van der Waals surface area contributed by atoms with Gasteiger partial charge < -0.3 is 5.32 Å². The first-order valence-corrected chi connectivity index (χ1v) is 7.68. The highest BCUT2D eigenvalue weighted by atomic mass is 79.9. The van der Waals surface area contributed by atoms with Crippen LogP contribution in [0.4, 0.5) is 5.69 Å². The van der Waals surface area contributed by atoms with E-state index in [0.29, 0.717) is 5.02 Å². The summed E-state index contributed by atoms with van der Waals surface area (Å²) in [5.74, 6) is -0.284. The molecule has 0 spiro atoms. The second-order valence-electron chi connectivity index (χ2n) is 4.89. The van der Waals surface area contributed by atoms with Crippen LogP contribution in [-0.2, 0) is 9.59 Å². The van der Waals surface area contributed by atoms with Crippen LogP contribution in [0.2, 0.25) is 5.02 Å². The average Bonchev–Trinajstić information content (AvgIpc) is 2.68.